The number of nitro benzene ring substituents is 1. The third-order valence-corrected chi connectivity index (χ3v) is 4.88. The molecular formula is C18H14ClF4N3O4. The Hall–Kier alpha value is -3.08. The quantitative estimate of drug-likeness (QED) is 0.230. The molecule has 1 amide bonds. The van der Waals surface area contributed by atoms with Crippen molar-refractivity contribution < 1.29 is 32.0 Å². The van der Waals surface area contributed by atoms with E-state index in [4.69, 9.17) is 16.3 Å². The van der Waals surface area contributed by atoms with Crippen LogP contribution in [-0.4, -0.2) is 48.5 Å². The number of nitrogens with zero attached hydrogens (tertiary/aromatic N) is 3. The molecule has 0 N–H and O–H groups in total. The van der Waals surface area contributed by atoms with E-state index < -0.39 is 44.8 Å². The van der Waals surface area contributed by atoms with Gasteiger partial charge in [-0.3, -0.25) is 14.9 Å². The van der Waals surface area contributed by atoms with E-state index in [1.807, 2.05) is 0 Å². The molecule has 0 radical (unpaired) electrons. The fraction of sp³-hybridized carbons (Fsp3) is 0.278. The maximum Gasteiger partial charge on any atom is 0.269 e. The molecule has 0 bridgehead atoms. The summed E-state index contributed by atoms with van der Waals surface area (Å²) in [4.78, 5) is 24.8. The first-order chi connectivity index (χ1) is 14.2. The van der Waals surface area contributed by atoms with Gasteiger partial charge in [-0.25, -0.2) is 17.6 Å². The minimum atomic E-state index is -1.68. The summed E-state index contributed by atoms with van der Waals surface area (Å²) >= 11 is 5.22. The first-order valence-corrected chi connectivity index (χ1v) is 9.00. The third-order valence-electron chi connectivity index (χ3n) is 4.55. The van der Waals surface area contributed by atoms with Crippen molar-refractivity contribution in [3.8, 4) is 5.75 Å². The minimum absolute atomic E-state index is 0.0349. The number of carbonyl (C=O) groups excluding carboxylic acids is 1. The summed E-state index contributed by atoms with van der Waals surface area (Å²) in [6.45, 7) is -0.430. The molecule has 30 heavy (non-hydrogen) atoms. The van der Waals surface area contributed by atoms with E-state index in [9.17, 15) is 32.5 Å². The van der Waals surface area contributed by atoms with Gasteiger partial charge in [-0.1, -0.05) is 11.6 Å². The molecule has 1 fully saturated rings. The fourth-order valence-corrected chi connectivity index (χ4v) is 3.12. The summed E-state index contributed by atoms with van der Waals surface area (Å²) in [5.41, 5.74) is -0.997. The molecule has 2 aromatic rings. The lowest BCUT2D eigenvalue weighted by atomic mass is 10.2. The number of anilines is 1. The normalized spacial score (nSPS) is 14.0. The van der Waals surface area contributed by atoms with E-state index >= 15 is 0 Å². The first kappa shape index (κ1) is 21.6. The Morgan fingerprint density at radius 1 is 1.00 bits per heavy atom. The molecule has 1 aliphatic rings. The van der Waals surface area contributed by atoms with Crippen molar-refractivity contribution in [1.82, 2.24) is 4.90 Å². The van der Waals surface area contributed by atoms with Crippen LogP contribution < -0.4 is 9.64 Å². The van der Waals surface area contributed by atoms with Crippen LogP contribution in [0.15, 0.2) is 24.3 Å². The Labute approximate surface area is 172 Å². The third kappa shape index (κ3) is 4.25. The highest BCUT2D eigenvalue weighted by molar-refractivity contribution is 6.31. The van der Waals surface area contributed by atoms with Gasteiger partial charge in [0.2, 0.25) is 0 Å². The second kappa shape index (κ2) is 8.74. The van der Waals surface area contributed by atoms with Crippen LogP contribution in [0.4, 0.5) is 28.9 Å². The summed E-state index contributed by atoms with van der Waals surface area (Å²) in [5, 5.41) is 9.36. The average Bonchev–Trinajstić information content (AvgIpc) is 2.75. The molecule has 0 aliphatic carbocycles. The van der Waals surface area contributed by atoms with Crippen molar-refractivity contribution in [3.05, 3.63) is 62.7 Å². The van der Waals surface area contributed by atoms with Gasteiger partial charge in [-0.2, -0.15) is 0 Å². The van der Waals surface area contributed by atoms with Gasteiger partial charge in [-0.05, 0) is 12.1 Å². The Bertz CT molecular complexity index is 953. The molecule has 0 saturated carbocycles. The Morgan fingerprint density at radius 2 is 1.53 bits per heavy atom. The van der Waals surface area contributed by atoms with Crippen molar-refractivity contribution in [3.63, 3.8) is 0 Å². The monoisotopic (exact) mass is 447 g/mol. The number of halogens is 5. The molecule has 2 aromatic carbocycles. The van der Waals surface area contributed by atoms with Crippen molar-refractivity contribution in [2.45, 2.75) is 0 Å². The van der Waals surface area contributed by atoms with E-state index in [0.717, 1.165) is 4.90 Å². The summed E-state index contributed by atoms with van der Waals surface area (Å²) in [5.74, 6) is -6.73. The summed E-state index contributed by atoms with van der Waals surface area (Å²) in [6, 6.07) is 5.15. The molecule has 7 nitrogen and oxygen atoms in total. The number of hydrogen-bond donors (Lipinski definition) is 0. The molecule has 1 heterocycles. The average molecular weight is 448 g/mol. The second-order valence-corrected chi connectivity index (χ2v) is 6.70. The van der Waals surface area contributed by atoms with Crippen LogP contribution in [0.3, 0.4) is 0 Å². The van der Waals surface area contributed by atoms with Gasteiger partial charge in [0.05, 0.1) is 4.92 Å². The number of benzene rings is 2. The molecule has 0 aromatic heterocycles. The van der Waals surface area contributed by atoms with Crippen molar-refractivity contribution in [2.24, 2.45) is 0 Å². The number of amides is 1. The minimum Gasteiger partial charge on any atom is -0.484 e. The highest BCUT2D eigenvalue weighted by Crippen LogP contribution is 2.33. The highest BCUT2D eigenvalue weighted by Gasteiger charge is 2.30. The lowest BCUT2D eigenvalue weighted by Gasteiger charge is -2.36. The molecule has 0 spiro atoms. The molecule has 3 rings (SSSR count). The van der Waals surface area contributed by atoms with Crippen LogP contribution >= 0.6 is 11.6 Å². The van der Waals surface area contributed by atoms with E-state index in [1.165, 1.54) is 29.2 Å². The topological polar surface area (TPSA) is 75.9 Å². The molecule has 160 valence electrons. The molecule has 0 atom stereocenters. The molecule has 12 heteroatoms. The van der Waals surface area contributed by atoms with Gasteiger partial charge in [0, 0.05) is 38.3 Å². The molecule has 1 saturated heterocycles. The van der Waals surface area contributed by atoms with Crippen LogP contribution in [0.25, 0.3) is 0 Å². The maximum atomic E-state index is 14.1. The Kier molecular flexibility index (Phi) is 6.30. The van der Waals surface area contributed by atoms with Gasteiger partial charge in [0.15, 0.2) is 29.9 Å². The summed E-state index contributed by atoms with van der Waals surface area (Å²) < 4.78 is 60.8. The van der Waals surface area contributed by atoms with Crippen LogP contribution in [-0.2, 0) is 4.79 Å². The number of ether oxygens (including phenoxy) is 1. The standard InChI is InChI=1S/C18H14ClF4N3O4/c19-13-14(20)16(22)18(17(23)15(13)21)25-7-5-24(6-8-25)12(27)9-30-11-3-1-10(2-4-11)26(28)29/h1-4H,5-9H2. The van der Waals surface area contributed by atoms with Gasteiger partial charge >= 0.3 is 0 Å². The number of rotatable bonds is 5. The van der Waals surface area contributed by atoms with E-state index in [2.05, 4.69) is 0 Å². The Balaban J connectivity index is 1.59. The van der Waals surface area contributed by atoms with Crippen LogP contribution in [0, 0.1) is 33.4 Å². The second-order valence-electron chi connectivity index (χ2n) is 6.33. The number of nitro groups is 1. The van der Waals surface area contributed by atoms with Gasteiger partial charge in [-0.15, -0.1) is 0 Å². The van der Waals surface area contributed by atoms with E-state index in [-0.39, 0.29) is 44.2 Å². The number of non-ortho nitro benzene ring substituents is 1. The highest BCUT2D eigenvalue weighted by atomic mass is 35.5. The first-order valence-electron chi connectivity index (χ1n) is 8.62. The van der Waals surface area contributed by atoms with Crippen LogP contribution in [0.2, 0.25) is 5.02 Å². The fourth-order valence-electron chi connectivity index (χ4n) is 2.95. The van der Waals surface area contributed by atoms with E-state index in [1.54, 1.807) is 0 Å². The van der Waals surface area contributed by atoms with Crippen LogP contribution in [0.5, 0.6) is 5.75 Å². The zero-order valence-electron chi connectivity index (χ0n) is 15.2. The number of carbonyl (C=O) groups is 1. The predicted octanol–water partition coefficient (Wildman–Crippen LogP) is 3.53. The van der Waals surface area contributed by atoms with E-state index in [0.29, 0.717) is 0 Å². The van der Waals surface area contributed by atoms with Gasteiger partial charge < -0.3 is 14.5 Å². The smallest absolute Gasteiger partial charge is 0.269 e. The number of hydrogen-bond acceptors (Lipinski definition) is 5. The van der Waals surface area contributed by atoms with Crippen molar-refractivity contribution in [1.29, 1.82) is 0 Å². The van der Waals surface area contributed by atoms with Crippen molar-refractivity contribution >= 4 is 28.9 Å². The zero-order valence-corrected chi connectivity index (χ0v) is 16.0. The van der Waals surface area contributed by atoms with Crippen LogP contribution in [0.1, 0.15) is 0 Å². The lowest BCUT2D eigenvalue weighted by molar-refractivity contribution is -0.384. The molecule has 1 aliphatic heterocycles. The largest absolute Gasteiger partial charge is 0.484 e. The summed E-state index contributed by atoms with van der Waals surface area (Å²) in [6.07, 6.45) is 0. The van der Waals surface area contributed by atoms with Gasteiger partial charge in [0.25, 0.3) is 11.6 Å². The molecule has 0 unspecified atom stereocenters. The molecular weight excluding hydrogens is 434 g/mol. The Morgan fingerprint density at radius 3 is 2.03 bits per heavy atom. The van der Waals surface area contributed by atoms with Crippen molar-refractivity contribution in [2.75, 3.05) is 37.7 Å². The summed E-state index contributed by atoms with van der Waals surface area (Å²) in [7, 11) is 0. The SMILES string of the molecule is O=C(COc1ccc([N+](=O)[O-])cc1)N1CCN(c2c(F)c(F)c(Cl)c(F)c2F)CC1. The maximum absolute atomic E-state index is 14.1. The van der Waals surface area contributed by atoms with Gasteiger partial charge in [0.1, 0.15) is 16.5 Å². The predicted molar refractivity (Wildman–Crippen MR) is 98.7 cm³/mol. The number of piperazine rings is 1. The lowest BCUT2D eigenvalue weighted by Crippen LogP contribution is -2.50. The zero-order chi connectivity index (χ0) is 22.0.